The van der Waals surface area contributed by atoms with Gasteiger partial charge in [0.05, 0.1) is 0 Å². The Labute approximate surface area is 174 Å². The largest absolute Gasteiger partial charge is 0.349 e. The van der Waals surface area contributed by atoms with Crippen molar-refractivity contribution in [3.05, 3.63) is 48.0 Å². The third-order valence-electron chi connectivity index (χ3n) is 9.30. The number of fused-ring (bicyclic) bond motifs is 5. The smallest absolute Gasteiger partial charge is 0.243 e. The highest BCUT2D eigenvalue weighted by Gasteiger charge is 2.60. The molecule has 5 rings (SSSR count). The Balaban J connectivity index is 1.38. The summed E-state index contributed by atoms with van der Waals surface area (Å²) in [4.78, 5) is 25.2. The van der Waals surface area contributed by atoms with Crippen LogP contribution in [0.25, 0.3) is 0 Å². The van der Waals surface area contributed by atoms with E-state index in [1.807, 2.05) is 18.2 Å². The molecule has 1 aliphatic heterocycles. The average molecular weight is 392 g/mol. The molecule has 3 saturated carbocycles. The molecule has 1 aromatic carbocycles. The predicted molar refractivity (Wildman–Crippen MR) is 114 cm³/mol. The fourth-order valence-corrected chi connectivity index (χ4v) is 7.78. The van der Waals surface area contributed by atoms with Gasteiger partial charge in [-0.25, -0.2) is 0 Å². The zero-order valence-corrected chi connectivity index (χ0v) is 17.7. The topological polar surface area (TPSA) is 46.2 Å². The van der Waals surface area contributed by atoms with Crippen LogP contribution in [0.5, 0.6) is 0 Å². The van der Waals surface area contributed by atoms with Crippen LogP contribution in [-0.2, 0) is 16.0 Å². The van der Waals surface area contributed by atoms with E-state index in [0.717, 1.165) is 24.8 Å². The van der Waals surface area contributed by atoms with Gasteiger partial charge in [0.2, 0.25) is 5.91 Å². The third-order valence-corrected chi connectivity index (χ3v) is 9.30. The van der Waals surface area contributed by atoms with Crippen molar-refractivity contribution in [2.45, 2.75) is 64.8 Å². The van der Waals surface area contributed by atoms with Gasteiger partial charge < -0.3 is 5.32 Å². The van der Waals surface area contributed by atoms with Crippen LogP contribution in [0.2, 0.25) is 0 Å². The number of amides is 1. The second-order valence-electron chi connectivity index (χ2n) is 10.5. The molecule has 4 aliphatic rings. The van der Waals surface area contributed by atoms with Gasteiger partial charge in [0.25, 0.3) is 0 Å². The van der Waals surface area contributed by atoms with Crippen LogP contribution < -0.4 is 5.32 Å². The summed E-state index contributed by atoms with van der Waals surface area (Å²) in [5, 5.41) is 3.24. The Morgan fingerprint density at radius 2 is 1.83 bits per heavy atom. The number of Topliss-reactive ketones (excluding diaryl/α,β-unsaturated/α-hetero) is 1. The van der Waals surface area contributed by atoms with Crippen molar-refractivity contribution in [1.29, 1.82) is 0 Å². The van der Waals surface area contributed by atoms with E-state index in [0.29, 0.717) is 30.0 Å². The summed E-state index contributed by atoms with van der Waals surface area (Å²) < 4.78 is 0. The monoisotopic (exact) mass is 391 g/mol. The van der Waals surface area contributed by atoms with Crippen LogP contribution in [0.3, 0.4) is 0 Å². The van der Waals surface area contributed by atoms with Crippen molar-refractivity contribution in [3.8, 4) is 0 Å². The molecule has 0 unspecified atom stereocenters. The third kappa shape index (κ3) is 2.92. The molecule has 1 N–H and O–H groups in total. The standard InChI is InChI=1S/C26H33NO2/c1-25-14-12-20-18(8-11-23-26(20,2)15-13-24(29)27-23)19(25)9-10-21(25)22(28)16-17-6-4-3-5-7-17/h3-7,13,15,18-21,23H,8-12,14,16H2,1-2H3,(H,27,29)/t18-,19-,20-,21+,23+,25-,26+/m0/s1. The van der Waals surface area contributed by atoms with E-state index in [2.05, 4.69) is 37.4 Å². The molecule has 154 valence electrons. The lowest BCUT2D eigenvalue weighted by Crippen LogP contribution is -2.59. The van der Waals surface area contributed by atoms with Gasteiger partial charge in [0.15, 0.2) is 0 Å². The first-order valence-electron chi connectivity index (χ1n) is 11.5. The molecule has 1 heterocycles. The first-order chi connectivity index (χ1) is 13.9. The van der Waals surface area contributed by atoms with E-state index in [-0.39, 0.29) is 28.7 Å². The van der Waals surface area contributed by atoms with Gasteiger partial charge in [-0.3, -0.25) is 9.59 Å². The number of carbonyl (C=O) groups excluding carboxylic acids is 2. The summed E-state index contributed by atoms with van der Waals surface area (Å²) in [6, 6.07) is 10.5. The Morgan fingerprint density at radius 3 is 2.62 bits per heavy atom. The maximum absolute atomic E-state index is 13.3. The second kappa shape index (κ2) is 6.82. The predicted octanol–water partition coefficient (Wildman–Crippen LogP) is 4.71. The van der Waals surface area contributed by atoms with E-state index >= 15 is 0 Å². The van der Waals surface area contributed by atoms with Gasteiger partial charge in [0, 0.05) is 23.8 Å². The molecular formula is C26H33NO2. The molecule has 0 aromatic heterocycles. The van der Waals surface area contributed by atoms with E-state index in [1.165, 1.54) is 19.3 Å². The molecule has 7 atom stereocenters. The minimum absolute atomic E-state index is 0.0685. The van der Waals surface area contributed by atoms with Crippen LogP contribution in [0.4, 0.5) is 0 Å². The number of ketones is 1. The number of nitrogens with one attached hydrogen (secondary N) is 1. The molecule has 1 aromatic rings. The lowest BCUT2D eigenvalue weighted by molar-refractivity contribution is -0.131. The number of rotatable bonds is 3. The van der Waals surface area contributed by atoms with Crippen molar-refractivity contribution in [2.24, 2.45) is 34.5 Å². The first kappa shape index (κ1) is 19.1. The van der Waals surface area contributed by atoms with Crippen molar-refractivity contribution in [1.82, 2.24) is 5.32 Å². The van der Waals surface area contributed by atoms with Gasteiger partial charge in [-0.1, -0.05) is 50.3 Å². The average Bonchev–Trinajstić information content (AvgIpc) is 3.06. The molecule has 3 nitrogen and oxygen atoms in total. The number of hydrogen-bond donors (Lipinski definition) is 1. The molecule has 3 fully saturated rings. The highest BCUT2D eigenvalue weighted by Crippen LogP contribution is 2.65. The van der Waals surface area contributed by atoms with Gasteiger partial charge >= 0.3 is 0 Å². The minimum Gasteiger partial charge on any atom is -0.349 e. The molecule has 0 radical (unpaired) electrons. The molecule has 29 heavy (non-hydrogen) atoms. The van der Waals surface area contributed by atoms with Gasteiger partial charge in [-0.05, 0) is 73.3 Å². The second-order valence-corrected chi connectivity index (χ2v) is 10.5. The summed E-state index contributed by atoms with van der Waals surface area (Å²) in [6.45, 7) is 4.78. The summed E-state index contributed by atoms with van der Waals surface area (Å²) in [5.41, 5.74) is 1.37. The van der Waals surface area contributed by atoms with Crippen LogP contribution in [0, 0.1) is 34.5 Å². The lowest BCUT2D eigenvalue weighted by atomic mass is 9.47. The fraction of sp³-hybridized carbons (Fsp3) is 0.615. The molecule has 0 spiro atoms. The zero-order valence-electron chi connectivity index (χ0n) is 17.7. The van der Waals surface area contributed by atoms with Crippen LogP contribution in [0.15, 0.2) is 42.5 Å². The quantitative estimate of drug-likeness (QED) is 0.811. The maximum Gasteiger partial charge on any atom is 0.243 e. The summed E-state index contributed by atoms with van der Waals surface area (Å²) in [5.74, 6) is 2.68. The first-order valence-corrected chi connectivity index (χ1v) is 11.5. The molecule has 0 saturated heterocycles. The van der Waals surface area contributed by atoms with Gasteiger partial charge in [0.1, 0.15) is 5.78 Å². The van der Waals surface area contributed by atoms with E-state index in [4.69, 9.17) is 0 Å². The summed E-state index contributed by atoms with van der Waals surface area (Å²) >= 11 is 0. The van der Waals surface area contributed by atoms with Gasteiger partial charge in [-0.15, -0.1) is 0 Å². The van der Waals surface area contributed by atoms with Gasteiger partial charge in [-0.2, -0.15) is 0 Å². The highest BCUT2D eigenvalue weighted by molar-refractivity contribution is 5.89. The Bertz CT molecular complexity index is 846. The molecule has 3 aliphatic carbocycles. The maximum atomic E-state index is 13.3. The summed E-state index contributed by atoms with van der Waals surface area (Å²) in [7, 11) is 0. The zero-order chi connectivity index (χ0) is 20.2. The van der Waals surface area contributed by atoms with Crippen molar-refractivity contribution in [2.75, 3.05) is 0 Å². The van der Waals surface area contributed by atoms with Crippen molar-refractivity contribution in [3.63, 3.8) is 0 Å². The molecule has 0 bridgehead atoms. The molecule has 1 amide bonds. The normalized spacial score (nSPS) is 43.1. The molecule has 3 heteroatoms. The van der Waals surface area contributed by atoms with Crippen LogP contribution >= 0.6 is 0 Å². The minimum atomic E-state index is 0.0685. The Kier molecular flexibility index (Phi) is 4.49. The number of benzene rings is 1. The van der Waals surface area contributed by atoms with Crippen molar-refractivity contribution >= 4 is 11.7 Å². The SMILES string of the molecule is C[C@]12C=CC(=O)N[C@@H]1CC[C@@H]1[C@@H]2CC[C@]2(C)[C@@H](C(=O)Cc3ccccc3)CC[C@@H]12. The highest BCUT2D eigenvalue weighted by atomic mass is 16.1. The lowest BCUT2D eigenvalue weighted by Gasteiger charge is -2.58. The van der Waals surface area contributed by atoms with E-state index in [1.54, 1.807) is 6.08 Å². The Hall–Kier alpha value is -1.90. The number of carbonyl (C=O) groups is 2. The Morgan fingerprint density at radius 1 is 1.03 bits per heavy atom. The summed E-state index contributed by atoms with van der Waals surface area (Å²) in [6.07, 6.45) is 11.4. The fourth-order valence-electron chi connectivity index (χ4n) is 7.78. The number of hydrogen-bond acceptors (Lipinski definition) is 2. The van der Waals surface area contributed by atoms with Crippen molar-refractivity contribution < 1.29 is 9.59 Å². The van der Waals surface area contributed by atoms with E-state index < -0.39 is 0 Å². The van der Waals surface area contributed by atoms with Crippen LogP contribution in [-0.4, -0.2) is 17.7 Å². The van der Waals surface area contributed by atoms with E-state index in [9.17, 15) is 9.59 Å². The van der Waals surface area contributed by atoms with Crippen LogP contribution in [0.1, 0.15) is 57.9 Å². The molecular weight excluding hydrogens is 358 g/mol.